The fourth-order valence-corrected chi connectivity index (χ4v) is 6.51. The van der Waals surface area contributed by atoms with Gasteiger partial charge in [0.25, 0.3) is 0 Å². The number of amides is 1. The number of esters is 1. The van der Waals surface area contributed by atoms with Gasteiger partial charge in [-0.3, -0.25) is 18.6 Å². The molecule has 0 saturated heterocycles. The van der Waals surface area contributed by atoms with Crippen LogP contribution >= 0.6 is 7.82 Å². The van der Waals surface area contributed by atoms with Gasteiger partial charge in [-0.05, 0) is 70.6 Å². The monoisotopic (exact) mass is 770 g/mol. The molecule has 2 atom stereocenters. The van der Waals surface area contributed by atoms with Crippen molar-refractivity contribution in [3.05, 3.63) is 36.5 Å². The van der Waals surface area contributed by atoms with Crippen LogP contribution in [0.1, 0.15) is 194 Å². The first-order valence-corrected chi connectivity index (χ1v) is 23.0. The highest BCUT2D eigenvalue weighted by atomic mass is 31.2. The lowest BCUT2D eigenvalue weighted by atomic mass is 10.1. The number of aliphatic hydroxyl groups excluding tert-OH is 1. The third-order valence-electron chi connectivity index (χ3n) is 9.04. The second-order valence-corrected chi connectivity index (χ2v) is 15.8. The molecule has 0 radical (unpaired) electrons. The summed E-state index contributed by atoms with van der Waals surface area (Å²) in [6.45, 7) is 3.50. The molecule has 10 heteroatoms. The number of hydrogen-bond acceptors (Lipinski definition) is 7. The topological polar surface area (TPSA) is 131 Å². The SMILES string of the molecule is CCCCC/C=C\C/C=C\CCCCCCCCCCCC(=O)NCCOP(=O)(O)OCC(O)COC(=O)CCCCCCC/C=C\CCCCCC. The van der Waals surface area contributed by atoms with Crippen LogP contribution in [0.25, 0.3) is 0 Å². The zero-order chi connectivity index (χ0) is 38.9. The summed E-state index contributed by atoms with van der Waals surface area (Å²) in [4.78, 5) is 33.9. The lowest BCUT2D eigenvalue weighted by Crippen LogP contribution is -2.27. The van der Waals surface area contributed by atoms with Crippen LogP contribution in [0.5, 0.6) is 0 Å². The lowest BCUT2D eigenvalue weighted by Gasteiger charge is -2.15. The van der Waals surface area contributed by atoms with Crippen molar-refractivity contribution in [2.24, 2.45) is 0 Å². The Morgan fingerprint density at radius 2 is 1.02 bits per heavy atom. The van der Waals surface area contributed by atoms with Gasteiger partial charge in [0, 0.05) is 19.4 Å². The minimum absolute atomic E-state index is 0.0785. The summed E-state index contributed by atoms with van der Waals surface area (Å²) in [5, 5.41) is 12.7. The van der Waals surface area contributed by atoms with Crippen molar-refractivity contribution in [1.82, 2.24) is 5.32 Å². The number of phosphoric ester groups is 1. The zero-order valence-corrected chi connectivity index (χ0v) is 34.9. The number of unbranched alkanes of at least 4 members (excludes halogenated alkanes) is 21. The minimum Gasteiger partial charge on any atom is -0.463 e. The number of aliphatic hydroxyl groups is 1. The van der Waals surface area contributed by atoms with Crippen molar-refractivity contribution in [2.45, 2.75) is 200 Å². The summed E-state index contributed by atoms with van der Waals surface area (Å²) in [5.74, 6) is -0.529. The molecule has 3 N–H and O–H groups in total. The van der Waals surface area contributed by atoms with Crippen molar-refractivity contribution in [3.8, 4) is 0 Å². The van der Waals surface area contributed by atoms with Crippen LogP contribution in [0.4, 0.5) is 0 Å². The highest BCUT2D eigenvalue weighted by molar-refractivity contribution is 7.47. The molecule has 0 aromatic carbocycles. The Morgan fingerprint density at radius 3 is 1.57 bits per heavy atom. The molecule has 0 aromatic rings. The van der Waals surface area contributed by atoms with Crippen LogP contribution < -0.4 is 5.32 Å². The van der Waals surface area contributed by atoms with Crippen LogP contribution in [0.2, 0.25) is 0 Å². The van der Waals surface area contributed by atoms with Crippen molar-refractivity contribution < 1.29 is 37.9 Å². The number of carbonyl (C=O) groups excluding carboxylic acids is 2. The maximum Gasteiger partial charge on any atom is 0.472 e. The fraction of sp³-hybridized carbons (Fsp3) is 0.814. The van der Waals surface area contributed by atoms with Gasteiger partial charge in [-0.1, -0.05) is 147 Å². The van der Waals surface area contributed by atoms with Crippen LogP contribution in [-0.4, -0.2) is 54.3 Å². The average molecular weight is 770 g/mol. The molecule has 0 aliphatic rings. The lowest BCUT2D eigenvalue weighted by molar-refractivity contribution is -0.147. The van der Waals surface area contributed by atoms with E-state index in [1.54, 1.807) is 0 Å². The van der Waals surface area contributed by atoms with E-state index in [-0.39, 0.29) is 32.1 Å². The van der Waals surface area contributed by atoms with E-state index in [4.69, 9.17) is 13.8 Å². The fourth-order valence-electron chi connectivity index (χ4n) is 5.76. The molecule has 53 heavy (non-hydrogen) atoms. The summed E-state index contributed by atoms with van der Waals surface area (Å²) in [7, 11) is -4.42. The van der Waals surface area contributed by atoms with Crippen molar-refractivity contribution >= 4 is 19.7 Å². The molecule has 0 fully saturated rings. The summed E-state index contributed by atoms with van der Waals surface area (Å²) in [6.07, 6.45) is 43.6. The van der Waals surface area contributed by atoms with Crippen molar-refractivity contribution in [1.29, 1.82) is 0 Å². The van der Waals surface area contributed by atoms with Crippen LogP contribution in [0, 0.1) is 0 Å². The van der Waals surface area contributed by atoms with E-state index in [0.717, 1.165) is 64.2 Å². The number of hydrogen-bond donors (Lipinski definition) is 3. The Bertz CT molecular complexity index is 970. The van der Waals surface area contributed by atoms with Gasteiger partial charge in [-0.25, -0.2) is 4.57 Å². The van der Waals surface area contributed by atoms with Crippen LogP contribution in [0.3, 0.4) is 0 Å². The Balaban J connectivity index is 3.60. The minimum atomic E-state index is -4.42. The average Bonchev–Trinajstić information content (AvgIpc) is 3.14. The highest BCUT2D eigenvalue weighted by Gasteiger charge is 2.23. The Morgan fingerprint density at radius 1 is 0.585 bits per heavy atom. The molecule has 0 bridgehead atoms. The molecule has 0 heterocycles. The number of rotatable bonds is 40. The summed E-state index contributed by atoms with van der Waals surface area (Å²) < 4.78 is 26.8. The molecule has 0 aliphatic heterocycles. The maximum absolute atomic E-state index is 12.1. The van der Waals surface area contributed by atoms with Crippen LogP contribution in [-0.2, 0) is 27.9 Å². The predicted octanol–water partition coefficient (Wildman–Crippen LogP) is 11.8. The van der Waals surface area contributed by atoms with Gasteiger partial charge >= 0.3 is 13.8 Å². The van der Waals surface area contributed by atoms with E-state index in [2.05, 4.69) is 55.6 Å². The van der Waals surface area contributed by atoms with Gasteiger partial charge in [-0.15, -0.1) is 0 Å². The molecule has 310 valence electrons. The second-order valence-electron chi connectivity index (χ2n) is 14.3. The third kappa shape index (κ3) is 41.2. The largest absolute Gasteiger partial charge is 0.472 e. The molecule has 1 amide bonds. The number of nitrogens with one attached hydrogen (secondary N) is 1. The van der Waals surface area contributed by atoms with Gasteiger partial charge < -0.3 is 20.1 Å². The number of ether oxygens (including phenoxy) is 1. The van der Waals surface area contributed by atoms with E-state index >= 15 is 0 Å². The number of carbonyl (C=O) groups is 2. The van der Waals surface area contributed by atoms with Gasteiger partial charge in [0.05, 0.1) is 13.2 Å². The number of phosphoric acid groups is 1. The Kier molecular flexibility index (Phi) is 38.6. The smallest absolute Gasteiger partial charge is 0.463 e. The third-order valence-corrected chi connectivity index (χ3v) is 10.0. The molecule has 0 aliphatic carbocycles. The van der Waals surface area contributed by atoms with E-state index < -0.39 is 26.5 Å². The standard InChI is InChI=1S/C43H80NO8P/c1-3-5-7-9-11-13-15-17-18-19-20-21-22-24-25-27-29-31-33-35-42(46)44-37-38-51-53(48,49)52-40-41(45)39-50-43(47)36-34-32-30-28-26-23-16-14-12-10-8-6-4-2/h11,13-14,16-18,41,45H,3-10,12,15,19-40H2,1-2H3,(H,44,46)(H,48,49)/b13-11-,16-14-,18-17-. The molecular formula is C43H80NO8P. The molecular weight excluding hydrogens is 689 g/mol. The Hall–Kier alpha value is -1.77. The molecule has 2 unspecified atom stereocenters. The normalized spacial score (nSPS) is 13.7. The second kappa shape index (κ2) is 39.9. The molecule has 0 rings (SSSR count). The summed E-state index contributed by atoms with van der Waals surface area (Å²) in [6, 6.07) is 0. The van der Waals surface area contributed by atoms with Crippen LogP contribution in [0.15, 0.2) is 36.5 Å². The maximum atomic E-state index is 12.1. The van der Waals surface area contributed by atoms with Gasteiger partial charge in [0.15, 0.2) is 0 Å². The van der Waals surface area contributed by atoms with Gasteiger partial charge in [-0.2, -0.15) is 0 Å². The predicted molar refractivity (Wildman–Crippen MR) is 220 cm³/mol. The molecule has 0 spiro atoms. The molecule has 9 nitrogen and oxygen atoms in total. The van der Waals surface area contributed by atoms with Crippen molar-refractivity contribution in [2.75, 3.05) is 26.4 Å². The Labute approximate surface area is 324 Å². The van der Waals surface area contributed by atoms with Gasteiger partial charge in [0.2, 0.25) is 5.91 Å². The zero-order valence-electron chi connectivity index (χ0n) is 34.0. The highest BCUT2D eigenvalue weighted by Crippen LogP contribution is 2.42. The van der Waals surface area contributed by atoms with E-state index in [9.17, 15) is 24.2 Å². The molecule has 0 saturated carbocycles. The first-order chi connectivity index (χ1) is 25.8. The first-order valence-electron chi connectivity index (χ1n) is 21.5. The van der Waals surface area contributed by atoms with E-state index in [1.165, 1.54) is 103 Å². The van der Waals surface area contributed by atoms with Gasteiger partial charge in [0.1, 0.15) is 12.7 Å². The first kappa shape index (κ1) is 51.2. The summed E-state index contributed by atoms with van der Waals surface area (Å²) >= 11 is 0. The quantitative estimate of drug-likeness (QED) is 0.0243. The summed E-state index contributed by atoms with van der Waals surface area (Å²) in [5.41, 5.74) is 0. The van der Waals surface area contributed by atoms with Crippen molar-refractivity contribution in [3.63, 3.8) is 0 Å². The van der Waals surface area contributed by atoms with E-state index in [1.807, 2.05) is 0 Å². The molecule has 0 aromatic heterocycles. The van der Waals surface area contributed by atoms with E-state index in [0.29, 0.717) is 6.42 Å². The number of allylic oxidation sites excluding steroid dienone is 6.